The van der Waals surface area contributed by atoms with E-state index in [1.165, 1.54) is 31.5 Å². The van der Waals surface area contributed by atoms with Gasteiger partial charge in [0.15, 0.2) is 0 Å². The summed E-state index contributed by atoms with van der Waals surface area (Å²) >= 11 is 0. The Labute approximate surface area is 123 Å². The maximum absolute atomic E-state index is 5.72. The molecule has 1 aromatic carbocycles. The molecular formula is C17H28N2O. The standard InChI is InChI=1S/C17H28N2O/c1-3-17(15-6-8-16(20-2)9-7-15)19-12-4-5-14(13-19)10-11-18/h6-9,14,17H,3-5,10-13,18H2,1-2H3. The van der Waals surface area contributed by atoms with Crippen molar-refractivity contribution in [3.8, 4) is 5.75 Å². The van der Waals surface area contributed by atoms with Gasteiger partial charge >= 0.3 is 0 Å². The molecule has 1 saturated heterocycles. The van der Waals surface area contributed by atoms with Crippen molar-refractivity contribution in [2.45, 2.75) is 38.6 Å². The van der Waals surface area contributed by atoms with Crippen LogP contribution in [0.4, 0.5) is 0 Å². The first kappa shape index (κ1) is 15.3. The molecule has 1 aliphatic rings. The zero-order valence-corrected chi connectivity index (χ0v) is 12.8. The van der Waals surface area contributed by atoms with E-state index in [1.54, 1.807) is 7.11 Å². The molecule has 1 aliphatic heterocycles. The fourth-order valence-corrected chi connectivity index (χ4v) is 3.38. The van der Waals surface area contributed by atoms with Gasteiger partial charge in [-0.15, -0.1) is 0 Å². The van der Waals surface area contributed by atoms with Gasteiger partial charge in [-0.1, -0.05) is 19.1 Å². The summed E-state index contributed by atoms with van der Waals surface area (Å²) in [6.07, 6.45) is 4.96. The smallest absolute Gasteiger partial charge is 0.118 e. The van der Waals surface area contributed by atoms with Crippen LogP contribution in [0.25, 0.3) is 0 Å². The number of hydrogen-bond donors (Lipinski definition) is 1. The summed E-state index contributed by atoms with van der Waals surface area (Å²) in [7, 11) is 1.72. The highest BCUT2D eigenvalue weighted by Crippen LogP contribution is 2.31. The van der Waals surface area contributed by atoms with E-state index in [2.05, 4.69) is 36.1 Å². The van der Waals surface area contributed by atoms with E-state index >= 15 is 0 Å². The van der Waals surface area contributed by atoms with Crippen molar-refractivity contribution in [2.24, 2.45) is 11.7 Å². The highest BCUT2D eigenvalue weighted by molar-refractivity contribution is 5.29. The van der Waals surface area contributed by atoms with Gasteiger partial charge in [0.25, 0.3) is 0 Å². The van der Waals surface area contributed by atoms with Gasteiger partial charge in [0, 0.05) is 12.6 Å². The quantitative estimate of drug-likeness (QED) is 0.867. The van der Waals surface area contributed by atoms with Gasteiger partial charge in [0.1, 0.15) is 5.75 Å². The second-order valence-electron chi connectivity index (χ2n) is 5.78. The zero-order chi connectivity index (χ0) is 14.4. The summed E-state index contributed by atoms with van der Waals surface area (Å²) in [5.74, 6) is 1.71. The first-order chi connectivity index (χ1) is 9.78. The van der Waals surface area contributed by atoms with Crippen molar-refractivity contribution in [1.29, 1.82) is 0 Å². The second-order valence-corrected chi connectivity index (χ2v) is 5.78. The van der Waals surface area contributed by atoms with Gasteiger partial charge in [-0.3, -0.25) is 4.90 Å². The fourth-order valence-electron chi connectivity index (χ4n) is 3.38. The summed E-state index contributed by atoms with van der Waals surface area (Å²) < 4.78 is 5.25. The summed E-state index contributed by atoms with van der Waals surface area (Å²) in [5.41, 5.74) is 7.13. The number of methoxy groups -OCH3 is 1. The average molecular weight is 276 g/mol. The molecule has 0 spiro atoms. The maximum Gasteiger partial charge on any atom is 0.118 e. The molecule has 1 heterocycles. The second kappa shape index (κ2) is 7.65. The van der Waals surface area contributed by atoms with E-state index in [4.69, 9.17) is 10.5 Å². The van der Waals surface area contributed by atoms with Crippen LogP contribution in [-0.2, 0) is 0 Å². The van der Waals surface area contributed by atoms with E-state index in [-0.39, 0.29) is 0 Å². The number of ether oxygens (including phenoxy) is 1. The van der Waals surface area contributed by atoms with Crippen molar-refractivity contribution in [3.05, 3.63) is 29.8 Å². The van der Waals surface area contributed by atoms with Gasteiger partial charge in [-0.25, -0.2) is 0 Å². The zero-order valence-electron chi connectivity index (χ0n) is 12.8. The number of likely N-dealkylation sites (tertiary alicyclic amines) is 1. The van der Waals surface area contributed by atoms with Crippen molar-refractivity contribution in [3.63, 3.8) is 0 Å². The third-order valence-electron chi connectivity index (χ3n) is 4.45. The average Bonchev–Trinajstić information content (AvgIpc) is 2.49. The largest absolute Gasteiger partial charge is 0.497 e. The number of nitrogens with zero attached hydrogens (tertiary/aromatic N) is 1. The molecule has 1 aromatic rings. The Bertz CT molecular complexity index is 388. The number of nitrogens with two attached hydrogens (primary N) is 1. The summed E-state index contributed by atoms with van der Waals surface area (Å²) in [6, 6.07) is 9.08. The summed E-state index contributed by atoms with van der Waals surface area (Å²) in [5, 5.41) is 0. The normalized spacial score (nSPS) is 21.6. The SMILES string of the molecule is CCC(c1ccc(OC)cc1)N1CCCC(CCN)C1. The Kier molecular flexibility index (Phi) is 5.86. The van der Waals surface area contributed by atoms with E-state index in [0.29, 0.717) is 6.04 Å². The molecule has 20 heavy (non-hydrogen) atoms. The van der Waals surface area contributed by atoms with Crippen LogP contribution in [0.1, 0.15) is 44.2 Å². The van der Waals surface area contributed by atoms with Gasteiger partial charge < -0.3 is 10.5 Å². The third-order valence-corrected chi connectivity index (χ3v) is 4.45. The van der Waals surface area contributed by atoms with Crippen LogP contribution < -0.4 is 10.5 Å². The summed E-state index contributed by atoms with van der Waals surface area (Å²) in [4.78, 5) is 2.64. The Hall–Kier alpha value is -1.06. The van der Waals surface area contributed by atoms with E-state index in [0.717, 1.165) is 31.1 Å². The van der Waals surface area contributed by atoms with Crippen LogP contribution in [0.15, 0.2) is 24.3 Å². The molecule has 1 fully saturated rings. The molecule has 0 radical (unpaired) electrons. The van der Waals surface area contributed by atoms with E-state index in [9.17, 15) is 0 Å². The molecule has 2 unspecified atom stereocenters. The van der Waals surface area contributed by atoms with Crippen LogP contribution >= 0.6 is 0 Å². The van der Waals surface area contributed by atoms with Gasteiger partial charge in [-0.2, -0.15) is 0 Å². The third kappa shape index (κ3) is 3.74. The minimum atomic E-state index is 0.529. The number of benzene rings is 1. The lowest BCUT2D eigenvalue weighted by atomic mass is 9.91. The van der Waals surface area contributed by atoms with Gasteiger partial charge in [0.05, 0.1) is 7.11 Å². The predicted octanol–water partition coefficient (Wildman–Crippen LogP) is 3.21. The molecule has 112 valence electrons. The lowest BCUT2D eigenvalue weighted by Crippen LogP contribution is -2.38. The van der Waals surface area contributed by atoms with E-state index < -0.39 is 0 Å². The van der Waals surface area contributed by atoms with Crippen LogP contribution in [0.5, 0.6) is 5.75 Å². The van der Waals surface area contributed by atoms with Crippen LogP contribution in [0, 0.1) is 5.92 Å². The molecule has 0 bridgehead atoms. The van der Waals surface area contributed by atoms with Crippen molar-refractivity contribution in [1.82, 2.24) is 4.90 Å². The number of piperidine rings is 1. The predicted molar refractivity (Wildman–Crippen MR) is 84.0 cm³/mol. The first-order valence-electron chi connectivity index (χ1n) is 7.86. The lowest BCUT2D eigenvalue weighted by molar-refractivity contribution is 0.117. The topological polar surface area (TPSA) is 38.5 Å². The molecule has 0 aliphatic carbocycles. The molecule has 2 atom stereocenters. The minimum Gasteiger partial charge on any atom is -0.497 e. The molecule has 2 rings (SSSR count). The number of hydrogen-bond acceptors (Lipinski definition) is 3. The molecule has 3 heteroatoms. The van der Waals surface area contributed by atoms with E-state index in [1.807, 2.05) is 0 Å². The fraction of sp³-hybridized carbons (Fsp3) is 0.647. The molecular weight excluding hydrogens is 248 g/mol. The molecule has 0 amide bonds. The first-order valence-corrected chi connectivity index (χ1v) is 7.86. The van der Waals surface area contributed by atoms with Crippen LogP contribution in [0.3, 0.4) is 0 Å². The minimum absolute atomic E-state index is 0.529. The number of rotatable bonds is 6. The van der Waals surface area contributed by atoms with Crippen LogP contribution in [-0.4, -0.2) is 31.6 Å². The Morgan fingerprint density at radius 3 is 2.70 bits per heavy atom. The van der Waals surface area contributed by atoms with Crippen molar-refractivity contribution in [2.75, 3.05) is 26.7 Å². The van der Waals surface area contributed by atoms with Gasteiger partial charge in [-0.05, 0) is 62.4 Å². The molecule has 0 saturated carbocycles. The lowest BCUT2D eigenvalue weighted by Gasteiger charge is -2.38. The maximum atomic E-state index is 5.72. The Balaban J connectivity index is 2.06. The molecule has 0 aromatic heterocycles. The Morgan fingerprint density at radius 2 is 2.10 bits per heavy atom. The van der Waals surface area contributed by atoms with Crippen LogP contribution in [0.2, 0.25) is 0 Å². The van der Waals surface area contributed by atoms with Gasteiger partial charge in [0.2, 0.25) is 0 Å². The summed E-state index contributed by atoms with van der Waals surface area (Å²) in [6.45, 7) is 5.51. The van der Waals surface area contributed by atoms with Crippen molar-refractivity contribution >= 4 is 0 Å². The highest BCUT2D eigenvalue weighted by Gasteiger charge is 2.25. The monoisotopic (exact) mass is 276 g/mol. The molecule has 3 nitrogen and oxygen atoms in total. The van der Waals surface area contributed by atoms with Crippen molar-refractivity contribution < 1.29 is 4.74 Å². The Morgan fingerprint density at radius 1 is 1.35 bits per heavy atom. The highest BCUT2D eigenvalue weighted by atomic mass is 16.5. The molecule has 2 N–H and O–H groups in total.